The topological polar surface area (TPSA) is 110 Å². The number of allylic oxidation sites excluding steroid dienone is 1. The summed E-state index contributed by atoms with van der Waals surface area (Å²) in [4.78, 5) is 13.3. The molecule has 0 fully saturated rings. The monoisotopic (exact) mass is 404 g/mol. The van der Waals surface area contributed by atoms with E-state index >= 15 is 0 Å². The Hall–Kier alpha value is -3.81. The molecule has 0 unspecified atom stereocenters. The number of ketones is 1. The van der Waals surface area contributed by atoms with E-state index in [4.69, 9.17) is 9.37 Å². The van der Waals surface area contributed by atoms with Gasteiger partial charge < -0.3 is 20.5 Å². The van der Waals surface area contributed by atoms with Crippen molar-refractivity contribution >= 4 is 17.4 Å². The third-order valence-electron chi connectivity index (χ3n) is 5.65. The van der Waals surface area contributed by atoms with Gasteiger partial charge in [0.15, 0.2) is 5.78 Å². The number of aromatic hydroxyl groups is 1. The number of phenolic OH excluding ortho intramolecular Hbond substituents is 1. The Kier molecular flexibility index (Phi) is 4.39. The van der Waals surface area contributed by atoms with Gasteiger partial charge in [-0.05, 0) is 58.0 Å². The zero-order valence-electron chi connectivity index (χ0n) is 16.3. The SMILES string of the molecule is COc1ccc([C@@H]2CC(=O)C3=C(C2)Nc2nonc2N[C@@H]3c2ccc(O)cc2)cc1. The molecule has 3 N–H and O–H groups in total. The Morgan fingerprint density at radius 1 is 1.00 bits per heavy atom. The molecule has 1 aromatic heterocycles. The maximum absolute atomic E-state index is 13.3. The van der Waals surface area contributed by atoms with E-state index in [0.717, 1.165) is 22.6 Å². The van der Waals surface area contributed by atoms with Gasteiger partial charge in [-0.1, -0.05) is 24.3 Å². The Bertz CT molecular complexity index is 1120. The number of carbonyl (C=O) groups is 1. The van der Waals surface area contributed by atoms with E-state index in [-0.39, 0.29) is 17.5 Å². The highest BCUT2D eigenvalue weighted by atomic mass is 16.6. The molecule has 0 radical (unpaired) electrons. The zero-order valence-corrected chi connectivity index (χ0v) is 16.3. The molecule has 8 nitrogen and oxygen atoms in total. The first-order chi connectivity index (χ1) is 14.6. The Labute approximate surface area is 172 Å². The van der Waals surface area contributed by atoms with Gasteiger partial charge in [0.1, 0.15) is 11.5 Å². The fourth-order valence-electron chi connectivity index (χ4n) is 4.13. The van der Waals surface area contributed by atoms with E-state index in [1.54, 1.807) is 31.4 Å². The Balaban J connectivity index is 1.55. The van der Waals surface area contributed by atoms with Crippen molar-refractivity contribution in [3.63, 3.8) is 0 Å². The third-order valence-corrected chi connectivity index (χ3v) is 5.65. The zero-order chi connectivity index (χ0) is 20.7. The molecule has 0 amide bonds. The molecule has 2 atom stereocenters. The molecule has 0 spiro atoms. The van der Waals surface area contributed by atoms with Crippen LogP contribution in [-0.4, -0.2) is 28.3 Å². The van der Waals surface area contributed by atoms with E-state index in [2.05, 4.69) is 20.9 Å². The molecule has 1 aliphatic heterocycles. The van der Waals surface area contributed by atoms with Gasteiger partial charge in [0.05, 0.1) is 13.2 Å². The minimum atomic E-state index is -0.425. The number of anilines is 2. The van der Waals surface area contributed by atoms with Crippen molar-refractivity contribution in [3.05, 3.63) is 70.9 Å². The Morgan fingerprint density at radius 2 is 1.70 bits per heavy atom. The number of hydrogen-bond donors (Lipinski definition) is 3. The number of carbonyl (C=O) groups excluding carboxylic acids is 1. The number of fused-ring (bicyclic) bond motifs is 1. The molecule has 1 aliphatic carbocycles. The third kappa shape index (κ3) is 3.16. The summed E-state index contributed by atoms with van der Waals surface area (Å²) in [5, 5.41) is 24.0. The van der Waals surface area contributed by atoms with Crippen LogP contribution in [0.25, 0.3) is 0 Å². The van der Waals surface area contributed by atoms with Crippen molar-refractivity contribution in [2.75, 3.05) is 17.7 Å². The number of benzene rings is 2. The van der Waals surface area contributed by atoms with Crippen molar-refractivity contribution < 1.29 is 19.3 Å². The summed E-state index contributed by atoms with van der Waals surface area (Å²) < 4.78 is 10.1. The lowest BCUT2D eigenvalue weighted by atomic mass is 9.78. The number of ether oxygens (including phenoxy) is 1. The normalized spacial score (nSPS) is 20.5. The average molecular weight is 404 g/mol. The van der Waals surface area contributed by atoms with Crippen LogP contribution < -0.4 is 15.4 Å². The lowest BCUT2D eigenvalue weighted by molar-refractivity contribution is -0.116. The summed E-state index contributed by atoms with van der Waals surface area (Å²) in [6, 6.07) is 14.2. The maximum Gasteiger partial charge on any atom is 0.219 e. The fraction of sp³-hybridized carbons (Fsp3) is 0.227. The molecule has 30 heavy (non-hydrogen) atoms. The first kappa shape index (κ1) is 18.2. The van der Waals surface area contributed by atoms with Crippen molar-refractivity contribution in [1.29, 1.82) is 0 Å². The first-order valence-corrected chi connectivity index (χ1v) is 9.67. The molecular formula is C22H20N4O4. The van der Waals surface area contributed by atoms with Crippen molar-refractivity contribution in [3.8, 4) is 11.5 Å². The second kappa shape index (κ2) is 7.22. The van der Waals surface area contributed by atoms with Gasteiger partial charge in [-0.3, -0.25) is 4.79 Å². The van der Waals surface area contributed by atoms with Crippen LogP contribution in [0.4, 0.5) is 11.6 Å². The van der Waals surface area contributed by atoms with E-state index in [1.807, 2.05) is 24.3 Å². The summed E-state index contributed by atoms with van der Waals surface area (Å²) in [6.07, 6.45) is 1.05. The first-order valence-electron chi connectivity index (χ1n) is 9.67. The highest BCUT2D eigenvalue weighted by molar-refractivity contribution is 6.00. The van der Waals surface area contributed by atoms with Gasteiger partial charge in [0.25, 0.3) is 0 Å². The minimum absolute atomic E-state index is 0.0385. The smallest absolute Gasteiger partial charge is 0.219 e. The van der Waals surface area contributed by atoms with E-state index in [1.165, 1.54) is 0 Å². The fourth-order valence-corrected chi connectivity index (χ4v) is 4.13. The van der Waals surface area contributed by atoms with Crippen LogP contribution in [0.5, 0.6) is 11.5 Å². The number of methoxy groups -OCH3 is 1. The molecule has 8 heteroatoms. The molecule has 0 saturated heterocycles. The number of nitrogens with zero attached hydrogens (tertiary/aromatic N) is 2. The maximum atomic E-state index is 13.3. The van der Waals surface area contributed by atoms with Gasteiger partial charge in [-0.15, -0.1) is 0 Å². The van der Waals surface area contributed by atoms with Crippen LogP contribution in [0.2, 0.25) is 0 Å². The number of Topliss-reactive ketones (excluding diaryl/α,β-unsaturated/α-hetero) is 1. The number of aromatic nitrogens is 2. The summed E-state index contributed by atoms with van der Waals surface area (Å²) in [5.41, 5.74) is 3.38. The molecule has 2 aromatic carbocycles. The molecular weight excluding hydrogens is 384 g/mol. The molecule has 3 aromatic rings. The second-order valence-electron chi connectivity index (χ2n) is 7.45. The quantitative estimate of drug-likeness (QED) is 0.605. The molecule has 2 heterocycles. The largest absolute Gasteiger partial charge is 0.508 e. The summed E-state index contributed by atoms with van der Waals surface area (Å²) >= 11 is 0. The van der Waals surface area contributed by atoms with Crippen molar-refractivity contribution in [2.45, 2.75) is 24.8 Å². The molecule has 152 valence electrons. The summed E-state index contributed by atoms with van der Waals surface area (Å²) in [7, 11) is 1.63. The second-order valence-corrected chi connectivity index (χ2v) is 7.45. The standard InChI is InChI=1S/C22H20N4O4/c1-29-16-8-4-12(5-9-16)14-10-17-19(18(28)11-14)20(13-2-6-15(27)7-3-13)24-22-21(23-17)25-30-26-22/h2-9,14,20,27H,10-11H2,1H3,(H,23,25)(H,24,26)/t14-,20+/m0/s1. The number of rotatable bonds is 3. The highest BCUT2D eigenvalue weighted by Gasteiger charge is 2.37. The summed E-state index contributed by atoms with van der Waals surface area (Å²) in [5.74, 6) is 1.93. The van der Waals surface area contributed by atoms with Gasteiger partial charge >= 0.3 is 0 Å². The van der Waals surface area contributed by atoms with Crippen molar-refractivity contribution in [2.24, 2.45) is 0 Å². The van der Waals surface area contributed by atoms with Crippen LogP contribution in [0.3, 0.4) is 0 Å². The van der Waals surface area contributed by atoms with Crippen LogP contribution in [-0.2, 0) is 4.79 Å². The van der Waals surface area contributed by atoms with Gasteiger partial charge in [-0.2, -0.15) is 0 Å². The molecule has 0 saturated carbocycles. The average Bonchev–Trinajstić information content (AvgIpc) is 3.13. The summed E-state index contributed by atoms with van der Waals surface area (Å²) in [6.45, 7) is 0. The molecule has 0 bridgehead atoms. The van der Waals surface area contributed by atoms with E-state index in [0.29, 0.717) is 30.1 Å². The van der Waals surface area contributed by atoms with Gasteiger partial charge in [0.2, 0.25) is 11.6 Å². The molecule has 5 rings (SSSR count). The van der Waals surface area contributed by atoms with Gasteiger partial charge in [0, 0.05) is 17.7 Å². The lowest BCUT2D eigenvalue weighted by Gasteiger charge is -2.29. The highest BCUT2D eigenvalue weighted by Crippen LogP contribution is 2.43. The van der Waals surface area contributed by atoms with Crippen molar-refractivity contribution in [1.82, 2.24) is 10.3 Å². The van der Waals surface area contributed by atoms with Crippen LogP contribution in [0, 0.1) is 0 Å². The number of hydrogen-bond acceptors (Lipinski definition) is 8. The van der Waals surface area contributed by atoms with E-state index < -0.39 is 6.04 Å². The number of nitrogens with one attached hydrogen (secondary N) is 2. The Morgan fingerprint density at radius 3 is 2.43 bits per heavy atom. The number of phenols is 1. The van der Waals surface area contributed by atoms with E-state index in [9.17, 15) is 9.90 Å². The van der Waals surface area contributed by atoms with Gasteiger partial charge in [-0.25, -0.2) is 4.63 Å². The predicted octanol–water partition coefficient (Wildman–Crippen LogP) is 3.76. The minimum Gasteiger partial charge on any atom is -0.508 e. The van der Waals surface area contributed by atoms with Crippen LogP contribution in [0.1, 0.15) is 35.9 Å². The molecule has 2 aliphatic rings. The van der Waals surface area contributed by atoms with Crippen LogP contribution in [0.15, 0.2) is 64.4 Å². The lowest BCUT2D eigenvalue weighted by Crippen LogP contribution is -2.27. The predicted molar refractivity (Wildman–Crippen MR) is 109 cm³/mol. The van der Waals surface area contributed by atoms with Crippen LogP contribution >= 0.6 is 0 Å².